The van der Waals surface area contributed by atoms with Gasteiger partial charge in [0.05, 0.1) is 6.61 Å². The third-order valence-electron chi connectivity index (χ3n) is 4.45. The molecule has 0 bridgehead atoms. The first-order valence-corrected chi connectivity index (χ1v) is 8.09. The minimum Gasteiger partial charge on any atom is -0.465 e. The molecule has 1 N–H and O–H groups in total. The zero-order valence-electron chi connectivity index (χ0n) is 13.2. The van der Waals surface area contributed by atoms with Crippen LogP contribution in [0.1, 0.15) is 57.6 Å². The summed E-state index contributed by atoms with van der Waals surface area (Å²) >= 11 is 0. The lowest BCUT2D eigenvalue weighted by molar-refractivity contribution is -0.146. The third kappa shape index (κ3) is 4.57. The number of carbonyl (C=O) groups is 1. The van der Waals surface area contributed by atoms with Crippen LogP contribution < -0.4 is 5.32 Å². The molecule has 1 aromatic rings. The minimum absolute atomic E-state index is 0.178. The Morgan fingerprint density at radius 2 is 1.90 bits per heavy atom. The van der Waals surface area contributed by atoms with Gasteiger partial charge in [0.25, 0.3) is 0 Å². The molecule has 0 spiro atoms. The van der Waals surface area contributed by atoms with Crippen molar-refractivity contribution in [1.82, 2.24) is 5.32 Å². The van der Waals surface area contributed by atoms with Crippen molar-refractivity contribution in [3.8, 4) is 0 Å². The van der Waals surface area contributed by atoms with Crippen LogP contribution in [-0.2, 0) is 9.53 Å². The first kappa shape index (κ1) is 16.0. The molecule has 0 amide bonds. The van der Waals surface area contributed by atoms with Crippen LogP contribution in [-0.4, -0.2) is 19.1 Å². The molecule has 1 atom stereocenters. The molecule has 1 fully saturated rings. The number of nitrogens with one attached hydrogen (secondary N) is 1. The molecule has 3 heteroatoms. The standard InChI is InChI=1S/C18H27NO2/c1-3-21-17(20)16(15-10-6-4-7-11-15)19-14-18(2)12-8-5-9-13-18/h4,6-7,10-11,16,19H,3,5,8-9,12-14H2,1-2H3. The molecule has 1 aliphatic rings. The van der Waals surface area contributed by atoms with Crippen LogP contribution in [0, 0.1) is 5.41 Å². The summed E-state index contributed by atoms with van der Waals surface area (Å²) in [5.74, 6) is -0.178. The molecular formula is C18H27NO2. The second kappa shape index (κ2) is 7.60. The summed E-state index contributed by atoms with van der Waals surface area (Å²) in [6.45, 7) is 5.46. The van der Waals surface area contributed by atoms with Crippen molar-refractivity contribution in [3.05, 3.63) is 35.9 Å². The molecule has 0 aromatic heterocycles. The average molecular weight is 289 g/mol. The van der Waals surface area contributed by atoms with Crippen LogP contribution in [0.25, 0.3) is 0 Å². The van der Waals surface area contributed by atoms with E-state index in [4.69, 9.17) is 4.74 Å². The van der Waals surface area contributed by atoms with Gasteiger partial charge in [-0.05, 0) is 30.7 Å². The average Bonchev–Trinajstić information content (AvgIpc) is 2.49. The Hall–Kier alpha value is -1.35. The largest absolute Gasteiger partial charge is 0.465 e. The summed E-state index contributed by atoms with van der Waals surface area (Å²) in [7, 11) is 0. The highest BCUT2D eigenvalue weighted by Gasteiger charge is 2.29. The highest BCUT2D eigenvalue weighted by molar-refractivity contribution is 5.77. The first-order valence-electron chi connectivity index (χ1n) is 8.09. The summed E-state index contributed by atoms with van der Waals surface area (Å²) in [4.78, 5) is 12.2. The van der Waals surface area contributed by atoms with Gasteiger partial charge in [0.15, 0.2) is 0 Å². The third-order valence-corrected chi connectivity index (χ3v) is 4.45. The number of benzene rings is 1. The van der Waals surface area contributed by atoms with Crippen molar-refractivity contribution in [3.63, 3.8) is 0 Å². The van der Waals surface area contributed by atoms with Gasteiger partial charge < -0.3 is 10.1 Å². The molecule has 1 aromatic carbocycles. The van der Waals surface area contributed by atoms with Gasteiger partial charge in [-0.3, -0.25) is 0 Å². The van der Waals surface area contributed by atoms with Crippen LogP contribution in [0.15, 0.2) is 30.3 Å². The van der Waals surface area contributed by atoms with E-state index in [-0.39, 0.29) is 12.0 Å². The molecule has 0 saturated heterocycles. The zero-order valence-corrected chi connectivity index (χ0v) is 13.2. The molecule has 1 saturated carbocycles. The first-order chi connectivity index (χ1) is 10.1. The number of rotatable bonds is 6. The normalized spacial score (nSPS) is 19.0. The lowest BCUT2D eigenvalue weighted by Crippen LogP contribution is -2.39. The van der Waals surface area contributed by atoms with E-state index in [9.17, 15) is 4.79 Å². The van der Waals surface area contributed by atoms with Crippen LogP contribution in [0.3, 0.4) is 0 Å². The monoisotopic (exact) mass is 289 g/mol. The quantitative estimate of drug-likeness (QED) is 0.808. The second-order valence-electron chi connectivity index (χ2n) is 6.35. The van der Waals surface area contributed by atoms with Gasteiger partial charge in [-0.1, -0.05) is 56.5 Å². The minimum atomic E-state index is -0.357. The maximum absolute atomic E-state index is 12.2. The van der Waals surface area contributed by atoms with E-state index in [1.54, 1.807) is 0 Å². The molecule has 0 heterocycles. The lowest BCUT2D eigenvalue weighted by atomic mass is 9.75. The van der Waals surface area contributed by atoms with Crippen molar-refractivity contribution in [2.24, 2.45) is 5.41 Å². The van der Waals surface area contributed by atoms with Crippen molar-refractivity contribution in [2.75, 3.05) is 13.2 Å². The maximum Gasteiger partial charge on any atom is 0.327 e. The topological polar surface area (TPSA) is 38.3 Å². The second-order valence-corrected chi connectivity index (χ2v) is 6.35. The van der Waals surface area contributed by atoms with Crippen molar-refractivity contribution < 1.29 is 9.53 Å². The molecule has 3 nitrogen and oxygen atoms in total. The van der Waals surface area contributed by atoms with E-state index in [0.29, 0.717) is 12.0 Å². The summed E-state index contributed by atoms with van der Waals surface area (Å²) in [5, 5.41) is 3.46. The fourth-order valence-electron chi connectivity index (χ4n) is 3.14. The fourth-order valence-corrected chi connectivity index (χ4v) is 3.14. The maximum atomic E-state index is 12.2. The number of carbonyl (C=O) groups excluding carboxylic acids is 1. The van der Waals surface area contributed by atoms with Crippen LogP contribution in [0.2, 0.25) is 0 Å². The molecule has 21 heavy (non-hydrogen) atoms. The van der Waals surface area contributed by atoms with Gasteiger partial charge in [0.1, 0.15) is 6.04 Å². The summed E-state index contributed by atoms with van der Waals surface area (Å²) < 4.78 is 5.23. The Bertz CT molecular complexity index is 438. The highest BCUT2D eigenvalue weighted by atomic mass is 16.5. The van der Waals surface area contributed by atoms with E-state index in [0.717, 1.165) is 12.1 Å². The zero-order chi connectivity index (χ0) is 15.1. The smallest absolute Gasteiger partial charge is 0.327 e. The Labute approximate surface area is 128 Å². The highest BCUT2D eigenvalue weighted by Crippen LogP contribution is 2.35. The molecular weight excluding hydrogens is 262 g/mol. The predicted molar refractivity (Wildman–Crippen MR) is 85.0 cm³/mol. The molecule has 2 rings (SSSR count). The summed E-state index contributed by atoms with van der Waals surface area (Å²) in [6.07, 6.45) is 6.42. The van der Waals surface area contributed by atoms with Gasteiger partial charge in [-0.2, -0.15) is 0 Å². The lowest BCUT2D eigenvalue weighted by Gasteiger charge is -2.35. The molecule has 0 radical (unpaired) electrons. The fraction of sp³-hybridized carbons (Fsp3) is 0.611. The van der Waals surface area contributed by atoms with E-state index in [2.05, 4.69) is 12.2 Å². The van der Waals surface area contributed by atoms with Gasteiger partial charge in [-0.25, -0.2) is 4.79 Å². The van der Waals surface area contributed by atoms with Crippen molar-refractivity contribution in [2.45, 2.75) is 52.0 Å². The van der Waals surface area contributed by atoms with E-state index >= 15 is 0 Å². The number of esters is 1. The van der Waals surface area contributed by atoms with E-state index in [1.165, 1.54) is 32.1 Å². The van der Waals surface area contributed by atoms with E-state index < -0.39 is 0 Å². The van der Waals surface area contributed by atoms with Crippen LogP contribution in [0.5, 0.6) is 0 Å². The van der Waals surface area contributed by atoms with Crippen molar-refractivity contribution >= 4 is 5.97 Å². The number of ether oxygens (including phenoxy) is 1. The summed E-state index contributed by atoms with van der Waals surface area (Å²) in [5.41, 5.74) is 1.29. The Balaban J connectivity index is 2.04. The SMILES string of the molecule is CCOC(=O)C(NCC1(C)CCCCC1)c1ccccc1. The molecule has 116 valence electrons. The Morgan fingerprint density at radius 1 is 1.24 bits per heavy atom. The van der Waals surface area contributed by atoms with Gasteiger partial charge in [0, 0.05) is 6.54 Å². The predicted octanol–water partition coefficient (Wildman–Crippen LogP) is 3.85. The van der Waals surface area contributed by atoms with Crippen molar-refractivity contribution in [1.29, 1.82) is 0 Å². The van der Waals surface area contributed by atoms with Gasteiger partial charge in [0.2, 0.25) is 0 Å². The molecule has 1 aliphatic carbocycles. The summed E-state index contributed by atoms with van der Waals surface area (Å²) in [6, 6.07) is 9.51. The number of hydrogen-bond acceptors (Lipinski definition) is 3. The van der Waals surface area contributed by atoms with Crippen LogP contribution >= 0.6 is 0 Å². The van der Waals surface area contributed by atoms with Crippen LogP contribution in [0.4, 0.5) is 0 Å². The van der Waals surface area contributed by atoms with Gasteiger partial charge in [-0.15, -0.1) is 0 Å². The molecule has 0 aliphatic heterocycles. The Morgan fingerprint density at radius 3 is 2.52 bits per heavy atom. The molecule has 1 unspecified atom stereocenters. The number of hydrogen-bond donors (Lipinski definition) is 1. The van der Waals surface area contributed by atoms with Gasteiger partial charge >= 0.3 is 5.97 Å². The van der Waals surface area contributed by atoms with E-state index in [1.807, 2.05) is 37.3 Å². The Kier molecular flexibility index (Phi) is 5.80.